The Kier molecular flexibility index (Phi) is 0.667. The molecule has 3 unspecified atom stereocenters. The van der Waals surface area contributed by atoms with Gasteiger partial charge in [0.2, 0.25) is 0 Å². The van der Waals surface area contributed by atoms with Crippen molar-refractivity contribution in [3.8, 4) is 0 Å². The van der Waals surface area contributed by atoms with Crippen LogP contribution in [0.15, 0.2) is 0 Å². The zero-order chi connectivity index (χ0) is 7.94. The lowest BCUT2D eigenvalue weighted by molar-refractivity contribution is 0.555. The Hall–Kier alpha value is 0. The van der Waals surface area contributed by atoms with Gasteiger partial charge >= 0.3 is 0 Å². The van der Waals surface area contributed by atoms with E-state index in [1.165, 1.54) is 0 Å². The van der Waals surface area contributed by atoms with Gasteiger partial charge in [0.15, 0.2) is 0 Å². The highest BCUT2D eigenvalue weighted by molar-refractivity contribution is 4.68. The molecule has 0 aromatic carbocycles. The largest absolute Gasteiger partial charge is 0.0625 e. The molecule has 0 N–H and O–H groups in total. The van der Waals surface area contributed by atoms with Gasteiger partial charge in [0, 0.05) is 4.11 Å². The molecule has 0 aromatic rings. The second-order valence-corrected chi connectivity index (χ2v) is 2.45. The molecule has 0 nitrogen and oxygen atoms in total. The van der Waals surface area contributed by atoms with E-state index in [1.807, 2.05) is 13.8 Å². The maximum atomic E-state index is 7.51. The van der Waals surface area contributed by atoms with Crippen molar-refractivity contribution in [3.05, 3.63) is 0 Å². The Labute approximate surface area is 50.1 Å². The predicted octanol–water partition coefficient (Wildman–Crippen LogP) is 2.44. The van der Waals surface area contributed by atoms with Crippen LogP contribution >= 0.6 is 0 Å². The molecule has 0 bridgehead atoms. The van der Waals surface area contributed by atoms with E-state index >= 15 is 0 Å². The smallest absolute Gasteiger partial charge is 0.0269 e. The van der Waals surface area contributed by atoms with E-state index in [0.29, 0.717) is 0 Å². The van der Waals surface area contributed by atoms with Gasteiger partial charge in [-0.3, -0.25) is 0 Å². The summed E-state index contributed by atoms with van der Waals surface area (Å²) in [6.45, 7) is 3.85. The van der Waals surface area contributed by atoms with Crippen molar-refractivity contribution in [1.82, 2.24) is 0 Å². The molecule has 0 spiro atoms. The van der Waals surface area contributed by atoms with Crippen molar-refractivity contribution >= 4 is 0 Å². The van der Waals surface area contributed by atoms with Gasteiger partial charge in [-0.15, -0.1) is 0 Å². The normalized spacial score (nSPS) is 66.0. The first-order valence-electron chi connectivity index (χ1n) is 4.46. The molecule has 1 aliphatic rings. The van der Waals surface area contributed by atoms with Gasteiger partial charge in [0.25, 0.3) is 0 Å². The van der Waals surface area contributed by atoms with Crippen LogP contribution in [-0.4, -0.2) is 0 Å². The van der Waals surface area contributed by atoms with Gasteiger partial charge in [-0.1, -0.05) is 26.6 Å². The van der Waals surface area contributed by atoms with Crippen molar-refractivity contribution in [1.29, 1.82) is 0 Å². The second kappa shape index (κ2) is 1.85. The third-order valence-electron chi connectivity index (χ3n) is 1.39. The molecule has 42 valence electrons. The lowest BCUT2D eigenvalue weighted by Gasteiger charge is -1.96. The molecule has 1 fully saturated rings. The number of hydrogen-bond donors (Lipinski definition) is 0. The second-order valence-electron chi connectivity index (χ2n) is 2.45. The highest BCUT2D eigenvalue weighted by atomic mass is 14.2. The van der Waals surface area contributed by atoms with Crippen LogP contribution in [0.25, 0.3) is 0 Å². The molecule has 0 heteroatoms. The topological polar surface area (TPSA) is 0 Å². The van der Waals surface area contributed by atoms with Crippen LogP contribution in [0, 0.1) is 11.8 Å². The molecule has 0 amide bonds. The van der Waals surface area contributed by atoms with Crippen molar-refractivity contribution in [2.24, 2.45) is 11.8 Å². The van der Waals surface area contributed by atoms with Gasteiger partial charge in [-0.2, -0.15) is 0 Å². The van der Waals surface area contributed by atoms with E-state index < -0.39 is 12.8 Å². The van der Waals surface area contributed by atoms with E-state index in [-0.39, 0.29) is 11.8 Å². The van der Waals surface area contributed by atoms with E-state index in [0.717, 1.165) is 6.42 Å². The average Bonchev–Trinajstić information content (AvgIpc) is 1.97. The molecular formula is C7H14. The first kappa shape index (κ1) is 2.52. The molecule has 1 rings (SSSR count). The summed E-state index contributed by atoms with van der Waals surface area (Å²) >= 11 is 0. The fourth-order valence-corrected chi connectivity index (χ4v) is 1.02. The summed E-state index contributed by atoms with van der Waals surface area (Å²) in [7, 11) is 0. The summed E-state index contributed by atoms with van der Waals surface area (Å²) < 4.78 is 22.5. The summed E-state index contributed by atoms with van der Waals surface area (Å²) in [6.07, 6.45) is -0.900. The SMILES string of the molecule is [3H]C1C(C)CC(C)C1([3H])[3H]. The van der Waals surface area contributed by atoms with Crippen molar-refractivity contribution in [2.45, 2.75) is 33.0 Å². The first-order valence-corrected chi connectivity index (χ1v) is 2.88. The average molecular weight is 104 g/mol. The van der Waals surface area contributed by atoms with E-state index in [2.05, 4.69) is 0 Å². The van der Waals surface area contributed by atoms with Gasteiger partial charge in [0.1, 0.15) is 0 Å². The zero-order valence-corrected chi connectivity index (χ0v) is 4.94. The lowest BCUT2D eigenvalue weighted by atomic mass is 10.1. The Balaban J connectivity index is 2.75. The van der Waals surface area contributed by atoms with Crippen LogP contribution in [0.2, 0.25) is 0 Å². The molecule has 3 atom stereocenters. The fourth-order valence-electron chi connectivity index (χ4n) is 1.02. The Bertz CT molecular complexity index is 133. The van der Waals surface area contributed by atoms with Crippen molar-refractivity contribution < 1.29 is 4.11 Å². The molecule has 1 saturated carbocycles. The molecule has 1 aliphatic carbocycles. The highest BCUT2D eigenvalue weighted by Gasteiger charge is 2.15. The van der Waals surface area contributed by atoms with Crippen LogP contribution < -0.4 is 0 Å². The minimum atomic E-state index is -1.25. The minimum Gasteiger partial charge on any atom is -0.0625 e. The van der Waals surface area contributed by atoms with Gasteiger partial charge in [-0.05, 0) is 18.3 Å². The third kappa shape index (κ3) is 1.19. The predicted molar refractivity (Wildman–Crippen MR) is 32.2 cm³/mol. The highest BCUT2D eigenvalue weighted by Crippen LogP contribution is 2.29. The zero-order valence-electron chi connectivity index (χ0n) is 7.94. The van der Waals surface area contributed by atoms with E-state index in [9.17, 15) is 0 Å². The van der Waals surface area contributed by atoms with Crippen LogP contribution in [0.4, 0.5) is 0 Å². The van der Waals surface area contributed by atoms with Crippen LogP contribution in [-0.2, 0) is 0 Å². The summed E-state index contributed by atoms with van der Waals surface area (Å²) in [5.41, 5.74) is 0. The van der Waals surface area contributed by atoms with Gasteiger partial charge < -0.3 is 0 Å². The molecule has 0 aliphatic heterocycles. The molecule has 0 heterocycles. The lowest BCUT2D eigenvalue weighted by Crippen LogP contribution is -1.84. The molecule has 0 saturated heterocycles. The summed E-state index contributed by atoms with van der Waals surface area (Å²) in [4.78, 5) is 0. The third-order valence-corrected chi connectivity index (χ3v) is 1.39. The Morgan fingerprint density at radius 1 is 1.43 bits per heavy atom. The van der Waals surface area contributed by atoms with Gasteiger partial charge in [-0.25, -0.2) is 0 Å². The standard InChI is InChI=1S/C7H14/c1-6-3-4-7(2)5-6/h6-7H,3-5H2,1-2H3/i3T,4T2. The van der Waals surface area contributed by atoms with Crippen molar-refractivity contribution in [2.75, 3.05) is 0 Å². The Morgan fingerprint density at radius 3 is 2.29 bits per heavy atom. The maximum Gasteiger partial charge on any atom is 0.0269 e. The minimum absolute atomic E-state index is 0.0602. The fraction of sp³-hybridized carbons (Fsp3) is 1.00. The Morgan fingerprint density at radius 2 is 2.14 bits per heavy atom. The quantitative estimate of drug-likeness (QED) is 0.443. The summed E-state index contributed by atoms with van der Waals surface area (Å²) in [6, 6.07) is 0. The summed E-state index contributed by atoms with van der Waals surface area (Å²) in [5, 5.41) is 0. The molecular weight excluding hydrogens is 84.1 g/mol. The van der Waals surface area contributed by atoms with Crippen LogP contribution in [0.5, 0.6) is 0 Å². The van der Waals surface area contributed by atoms with E-state index in [4.69, 9.17) is 4.11 Å². The molecule has 0 aromatic heterocycles. The van der Waals surface area contributed by atoms with Crippen LogP contribution in [0.3, 0.4) is 0 Å². The van der Waals surface area contributed by atoms with Gasteiger partial charge in [0.05, 0.1) is 0 Å². The first-order chi connectivity index (χ1) is 4.46. The van der Waals surface area contributed by atoms with E-state index in [1.54, 1.807) is 0 Å². The number of rotatable bonds is 0. The van der Waals surface area contributed by atoms with Crippen molar-refractivity contribution in [3.63, 3.8) is 0 Å². The maximum absolute atomic E-state index is 7.51. The van der Waals surface area contributed by atoms with Crippen LogP contribution in [0.1, 0.15) is 37.2 Å². The molecule has 0 radical (unpaired) electrons. The monoisotopic (exact) mass is 104 g/mol. The number of hydrogen-bond acceptors (Lipinski definition) is 0. The molecule has 7 heavy (non-hydrogen) atoms. The summed E-state index contributed by atoms with van der Waals surface area (Å²) in [5.74, 6) is 0.287.